The lowest BCUT2D eigenvalue weighted by molar-refractivity contribution is -0.138. The van der Waals surface area contributed by atoms with E-state index in [1.807, 2.05) is 11.9 Å². The van der Waals surface area contributed by atoms with E-state index in [1.165, 1.54) is 18.2 Å². The summed E-state index contributed by atoms with van der Waals surface area (Å²) >= 11 is 5.71. The normalized spacial score (nSPS) is 18.8. The van der Waals surface area contributed by atoms with Gasteiger partial charge >= 0.3 is 5.97 Å². The number of carbonyl (C=O) groups is 2. The van der Waals surface area contributed by atoms with E-state index in [0.29, 0.717) is 5.69 Å². The molecule has 1 aromatic carbocycles. The molecular formula is C17H23ClFN3O3. The van der Waals surface area contributed by atoms with Gasteiger partial charge in [-0.15, -0.1) is 0 Å². The topological polar surface area (TPSA) is 72.9 Å². The van der Waals surface area contributed by atoms with Crippen LogP contribution in [0.4, 0.5) is 10.1 Å². The highest BCUT2D eigenvalue weighted by molar-refractivity contribution is 6.31. The third-order valence-corrected chi connectivity index (χ3v) is 4.66. The number of hydrogen-bond donors (Lipinski definition) is 2. The zero-order valence-electron chi connectivity index (χ0n) is 14.2. The van der Waals surface area contributed by atoms with Crippen molar-refractivity contribution >= 4 is 29.2 Å². The van der Waals surface area contributed by atoms with Crippen LogP contribution in [0.1, 0.15) is 19.3 Å². The molecule has 1 heterocycles. The minimum atomic E-state index is -0.832. The van der Waals surface area contributed by atoms with E-state index >= 15 is 0 Å². The van der Waals surface area contributed by atoms with E-state index in [0.717, 1.165) is 32.4 Å². The zero-order valence-corrected chi connectivity index (χ0v) is 14.9. The van der Waals surface area contributed by atoms with Gasteiger partial charge < -0.3 is 10.4 Å². The van der Waals surface area contributed by atoms with E-state index < -0.39 is 11.8 Å². The van der Waals surface area contributed by atoms with E-state index in [9.17, 15) is 14.0 Å². The summed E-state index contributed by atoms with van der Waals surface area (Å²) in [6.45, 7) is 1.78. The summed E-state index contributed by atoms with van der Waals surface area (Å²) in [7, 11) is 1.82. The molecule has 2 N–H and O–H groups in total. The molecule has 138 valence electrons. The van der Waals surface area contributed by atoms with Crippen LogP contribution in [0.25, 0.3) is 0 Å². The van der Waals surface area contributed by atoms with Gasteiger partial charge in [0.15, 0.2) is 0 Å². The lowest BCUT2D eigenvalue weighted by atomic mass is 10.1. The third kappa shape index (κ3) is 6.26. The van der Waals surface area contributed by atoms with Gasteiger partial charge in [-0.3, -0.25) is 19.4 Å². The number of nitrogens with one attached hydrogen (secondary N) is 1. The first-order chi connectivity index (χ1) is 11.8. The number of hydrogen-bond acceptors (Lipinski definition) is 4. The molecule has 6 nitrogen and oxygen atoms in total. The molecule has 0 spiro atoms. The van der Waals surface area contributed by atoms with Gasteiger partial charge in [-0.1, -0.05) is 11.6 Å². The van der Waals surface area contributed by atoms with E-state index in [1.54, 1.807) is 0 Å². The number of amides is 1. The Morgan fingerprint density at radius 3 is 2.84 bits per heavy atom. The van der Waals surface area contributed by atoms with Crippen molar-refractivity contribution in [3.8, 4) is 0 Å². The van der Waals surface area contributed by atoms with Crippen molar-refractivity contribution in [3.63, 3.8) is 0 Å². The second kappa shape index (κ2) is 9.12. The maximum absolute atomic E-state index is 13.1. The number of halogens is 2. The Morgan fingerprint density at radius 1 is 1.40 bits per heavy atom. The molecule has 25 heavy (non-hydrogen) atoms. The molecule has 0 saturated carbocycles. The average molecular weight is 372 g/mol. The number of carboxylic acid groups (broad SMARTS) is 1. The number of carbonyl (C=O) groups excluding carboxylic acids is 1. The number of benzene rings is 1. The Morgan fingerprint density at radius 2 is 2.16 bits per heavy atom. The average Bonchev–Trinajstić information content (AvgIpc) is 2.76. The highest BCUT2D eigenvalue weighted by atomic mass is 35.5. The van der Waals surface area contributed by atoms with Crippen LogP contribution < -0.4 is 5.32 Å². The third-order valence-electron chi connectivity index (χ3n) is 4.37. The molecule has 1 aromatic rings. The Balaban J connectivity index is 1.83. The maximum Gasteiger partial charge on any atom is 0.317 e. The van der Waals surface area contributed by atoms with Crippen LogP contribution in [0.2, 0.25) is 5.02 Å². The summed E-state index contributed by atoms with van der Waals surface area (Å²) < 4.78 is 13.1. The highest BCUT2D eigenvalue weighted by Gasteiger charge is 2.22. The van der Waals surface area contributed by atoms with Gasteiger partial charge in [-0.25, -0.2) is 4.39 Å². The molecule has 8 heteroatoms. The summed E-state index contributed by atoms with van der Waals surface area (Å²) in [5.74, 6) is -1.54. The van der Waals surface area contributed by atoms with Crippen molar-refractivity contribution in [2.75, 3.05) is 38.5 Å². The van der Waals surface area contributed by atoms with Crippen molar-refractivity contribution in [1.29, 1.82) is 0 Å². The van der Waals surface area contributed by atoms with Crippen molar-refractivity contribution in [2.45, 2.75) is 25.3 Å². The smallest absolute Gasteiger partial charge is 0.317 e. The molecule has 0 bridgehead atoms. The van der Waals surface area contributed by atoms with Crippen molar-refractivity contribution in [2.24, 2.45) is 0 Å². The largest absolute Gasteiger partial charge is 0.480 e. The molecule has 1 unspecified atom stereocenters. The molecule has 1 atom stereocenters. The second-order valence-electron chi connectivity index (χ2n) is 6.35. The summed E-state index contributed by atoms with van der Waals surface area (Å²) in [6.07, 6.45) is 2.64. The fourth-order valence-corrected chi connectivity index (χ4v) is 3.24. The van der Waals surface area contributed by atoms with Gasteiger partial charge in [-0.05, 0) is 51.1 Å². The summed E-state index contributed by atoms with van der Waals surface area (Å²) in [5, 5.41) is 11.6. The number of rotatable bonds is 6. The lowest BCUT2D eigenvalue weighted by Crippen LogP contribution is -2.37. The van der Waals surface area contributed by atoms with Crippen LogP contribution in [0.5, 0.6) is 0 Å². The van der Waals surface area contributed by atoms with Gasteiger partial charge in [0.2, 0.25) is 5.91 Å². The van der Waals surface area contributed by atoms with Gasteiger partial charge in [-0.2, -0.15) is 0 Å². The molecule has 1 fully saturated rings. The highest BCUT2D eigenvalue weighted by Crippen LogP contribution is 2.20. The molecule has 0 aliphatic carbocycles. The van der Waals surface area contributed by atoms with Crippen molar-refractivity contribution in [1.82, 2.24) is 9.80 Å². The fraction of sp³-hybridized carbons (Fsp3) is 0.529. The standard InChI is InChI=1S/C17H23ClFN3O3/c1-21(11-17(24)25)13-3-2-7-22(8-6-13)10-16(23)20-12-4-5-15(19)14(18)9-12/h4-5,9,13H,2-3,6-8,10-11H2,1H3,(H,20,23)(H,24,25). The van der Waals surface area contributed by atoms with Crippen molar-refractivity contribution in [3.05, 3.63) is 29.0 Å². The minimum absolute atomic E-state index is 0.0243. The predicted octanol–water partition coefficient (Wildman–Crippen LogP) is 2.29. The molecule has 1 aliphatic rings. The van der Waals surface area contributed by atoms with Gasteiger partial charge in [0, 0.05) is 18.3 Å². The summed E-state index contributed by atoms with van der Waals surface area (Å²) in [5.41, 5.74) is 0.463. The Labute approximate surface area is 151 Å². The SMILES string of the molecule is CN(CC(=O)O)C1CCCN(CC(=O)Nc2ccc(F)c(Cl)c2)CC1. The first-order valence-corrected chi connectivity index (χ1v) is 8.62. The molecule has 2 rings (SSSR count). The van der Waals surface area contributed by atoms with E-state index in [2.05, 4.69) is 10.2 Å². The number of anilines is 1. The molecular weight excluding hydrogens is 349 g/mol. The first-order valence-electron chi connectivity index (χ1n) is 8.24. The number of nitrogens with zero attached hydrogens (tertiary/aromatic N) is 2. The summed E-state index contributed by atoms with van der Waals surface area (Å²) in [4.78, 5) is 26.9. The fourth-order valence-electron chi connectivity index (χ4n) is 3.06. The van der Waals surface area contributed by atoms with Crippen molar-refractivity contribution < 1.29 is 19.1 Å². The first kappa shape index (κ1) is 19.6. The lowest BCUT2D eigenvalue weighted by Gasteiger charge is -2.25. The Hall–Kier alpha value is -1.70. The zero-order chi connectivity index (χ0) is 18.4. The number of likely N-dealkylation sites (N-methyl/N-ethyl adjacent to an activating group) is 1. The number of aliphatic carboxylic acids is 1. The summed E-state index contributed by atoms with van der Waals surface area (Å²) in [6, 6.07) is 4.28. The molecule has 1 saturated heterocycles. The maximum atomic E-state index is 13.1. The molecule has 1 aliphatic heterocycles. The number of carboxylic acids is 1. The van der Waals surface area contributed by atoms with Gasteiger partial charge in [0.1, 0.15) is 5.82 Å². The van der Waals surface area contributed by atoms with Crippen LogP contribution in [-0.2, 0) is 9.59 Å². The minimum Gasteiger partial charge on any atom is -0.480 e. The number of likely N-dealkylation sites (tertiary alicyclic amines) is 1. The van der Waals surface area contributed by atoms with Crippen LogP contribution in [-0.4, -0.2) is 66.1 Å². The van der Waals surface area contributed by atoms with E-state index in [-0.39, 0.29) is 30.1 Å². The van der Waals surface area contributed by atoms with E-state index in [4.69, 9.17) is 16.7 Å². The second-order valence-corrected chi connectivity index (χ2v) is 6.75. The predicted molar refractivity (Wildman–Crippen MR) is 94.4 cm³/mol. The van der Waals surface area contributed by atoms with Gasteiger partial charge in [0.25, 0.3) is 0 Å². The Kier molecular flexibility index (Phi) is 7.16. The molecule has 1 amide bonds. The molecule has 0 aromatic heterocycles. The van der Waals surface area contributed by atoms with Crippen LogP contribution in [0.15, 0.2) is 18.2 Å². The monoisotopic (exact) mass is 371 g/mol. The van der Waals surface area contributed by atoms with Crippen LogP contribution in [0.3, 0.4) is 0 Å². The van der Waals surface area contributed by atoms with Gasteiger partial charge in [0.05, 0.1) is 18.1 Å². The molecule has 0 radical (unpaired) electrons. The van der Waals surface area contributed by atoms with Crippen LogP contribution >= 0.6 is 11.6 Å². The quantitative estimate of drug-likeness (QED) is 0.802. The van der Waals surface area contributed by atoms with Crippen LogP contribution in [0, 0.1) is 5.82 Å². The Bertz CT molecular complexity index is 629.